The number of nitrogens with zero attached hydrogens (tertiary/aromatic N) is 2. The summed E-state index contributed by atoms with van der Waals surface area (Å²) in [5, 5.41) is 6.30. The second-order valence-electron chi connectivity index (χ2n) is 4.07. The van der Waals surface area contributed by atoms with E-state index in [1.807, 2.05) is 24.3 Å². The van der Waals surface area contributed by atoms with Crippen molar-refractivity contribution in [2.24, 2.45) is 0 Å². The van der Waals surface area contributed by atoms with Crippen molar-refractivity contribution in [3.63, 3.8) is 0 Å². The lowest BCUT2D eigenvalue weighted by Crippen LogP contribution is -2.35. The van der Waals surface area contributed by atoms with Gasteiger partial charge in [0.25, 0.3) is 6.20 Å². The first-order chi connectivity index (χ1) is 9.72. The summed E-state index contributed by atoms with van der Waals surface area (Å²) in [5.41, 5.74) is 1.08. The Morgan fingerprint density at radius 1 is 1.50 bits per heavy atom. The Hall–Kier alpha value is -2.08. The Morgan fingerprint density at radius 2 is 2.30 bits per heavy atom. The third-order valence-electron chi connectivity index (χ3n) is 2.70. The zero-order valence-corrected chi connectivity index (χ0v) is 11.8. The largest absolute Gasteiger partial charge is 0.496 e. The first-order valence-corrected chi connectivity index (χ1v) is 6.60. The van der Waals surface area contributed by atoms with Crippen LogP contribution in [0.4, 0.5) is 5.88 Å². The van der Waals surface area contributed by atoms with Gasteiger partial charge in [0.1, 0.15) is 11.6 Å². The molecule has 0 bridgehead atoms. The predicted octanol–water partition coefficient (Wildman–Crippen LogP) is 1.39. The highest BCUT2D eigenvalue weighted by molar-refractivity contribution is 6.28. The number of anilines is 1. The average molecular weight is 297 g/mol. The Labute approximate surface area is 121 Å². The number of hydrogen-bond acceptors (Lipinski definition) is 4. The molecule has 6 nitrogen and oxygen atoms in total. The first kappa shape index (κ1) is 14.3. The van der Waals surface area contributed by atoms with Crippen LogP contribution in [0.3, 0.4) is 0 Å². The Morgan fingerprint density at radius 3 is 3.05 bits per heavy atom. The molecule has 1 amide bonds. The zero-order chi connectivity index (χ0) is 14.4. The molecule has 0 aliphatic rings. The van der Waals surface area contributed by atoms with Gasteiger partial charge in [-0.25, -0.2) is 0 Å². The highest BCUT2D eigenvalue weighted by Crippen LogP contribution is 2.17. The van der Waals surface area contributed by atoms with Crippen LogP contribution in [0, 0.1) is 0 Å². The van der Waals surface area contributed by atoms with Crippen molar-refractivity contribution in [3.05, 3.63) is 36.0 Å². The highest BCUT2D eigenvalue weighted by atomic mass is 35.5. The molecule has 2 aromatic rings. The normalized spacial score (nSPS) is 10.3. The fourth-order valence-corrected chi connectivity index (χ4v) is 1.82. The van der Waals surface area contributed by atoms with E-state index in [1.165, 1.54) is 0 Å². The van der Waals surface area contributed by atoms with Crippen molar-refractivity contribution in [2.75, 3.05) is 18.3 Å². The summed E-state index contributed by atoms with van der Waals surface area (Å²) in [6.07, 6.45) is 2.35. The first-order valence-electron chi connectivity index (χ1n) is 6.07. The van der Waals surface area contributed by atoms with Gasteiger partial charge in [0.05, 0.1) is 7.11 Å². The van der Waals surface area contributed by atoms with Crippen LogP contribution in [0.2, 0.25) is 0 Å². The van der Waals surface area contributed by atoms with E-state index in [-0.39, 0.29) is 17.7 Å². The summed E-state index contributed by atoms with van der Waals surface area (Å²) in [4.78, 5) is 11.1. The zero-order valence-electron chi connectivity index (χ0n) is 11.0. The van der Waals surface area contributed by atoms with Gasteiger partial charge in [-0.15, -0.1) is 11.6 Å². The van der Waals surface area contributed by atoms with E-state index in [1.54, 1.807) is 18.0 Å². The highest BCUT2D eigenvalue weighted by Gasteiger charge is 2.14. The van der Waals surface area contributed by atoms with Crippen molar-refractivity contribution < 1.29 is 18.7 Å². The van der Waals surface area contributed by atoms with Crippen LogP contribution in [-0.2, 0) is 17.8 Å². The number of hydrogen-bond donors (Lipinski definition) is 1. The monoisotopic (exact) mass is 296 g/mol. The maximum absolute atomic E-state index is 11.1. The molecule has 0 fully saturated rings. The van der Waals surface area contributed by atoms with E-state index in [2.05, 4.69) is 10.6 Å². The smallest absolute Gasteiger partial charge is 0.302 e. The molecular weight excluding hydrogens is 282 g/mol. The number of carbonyl (C=O) groups is 1. The molecule has 2 rings (SSSR count). The van der Waals surface area contributed by atoms with Crippen molar-refractivity contribution in [3.8, 4) is 5.75 Å². The third kappa shape index (κ3) is 3.71. The lowest BCUT2D eigenvalue weighted by molar-refractivity contribution is -0.761. The molecule has 0 saturated heterocycles. The summed E-state index contributed by atoms with van der Waals surface area (Å²) in [7, 11) is 1.64. The lowest BCUT2D eigenvalue weighted by atomic mass is 10.1. The van der Waals surface area contributed by atoms with Crippen LogP contribution < -0.4 is 14.7 Å². The van der Waals surface area contributed by atoms with E-state index in [0.29, 0.717) is 6.54 Å². The van der Waals surface area contributed by atoms with Crippen LogP contribution >= 0.6 is 11.6 Å². The molecule has 0 atom stereocenters. The van der Waals surface area contributed by atoms with Gasteiger partial charge in [0, 0.05) is 12.0 Å². The molecule has 0 radical (unpaired) electrons. The van der Waals surface area contributed by atoms with E-state index >= 15 is 0 Å². The molecule has 0 aliphatic carbocycles. The quantitative estimate of drug-likeness (QED) is 0.646. The van der Waals surface area contributed by atoms with E-state index in [9.17, 15) is 4.79 Å². The molecule has 7 heteroatoms. The van der Waals surface area contributed by atoms with E-state index < -0.39 is 0 Å². The second kappa shape index (κ2) is 6.91. The molecule has 1 heterocycles. The molecule has 0 saturated carbocycles. The van der Waals surface area contributed by atoms with Gasteiger partial charge in [-0.1, -0.05) is 22.9 Å². The number of carbonyl (C=O) groups excluding carboxylic acids is 1. The minimum atomic E-state index is -0.334. The molecule has 1 aromatic heterocycles. The Kier molecular flexibility index (Phi) is 4.95. The van der Waals surface area contributed by atoms with Crippen molar-refractivity contribution in [1.82, 2.24) is 5.27 Å². The minimum absolute atomic E-state index is 0.123. The van der Waals surface area contributed by atoms with Crippen molar-refractivity contribution >= 4 is 23.4 Å². The predicted molar refractivity (Wildman–Crippen MR) is 72.7 cm³/mol. The van der Waals surface area contributed by atoms with E-state index in [0.717, 1.165) is 17.7 Å². The van der Waals surface area contributed by atoms with E-state index in [4.69, 9.17) is 20.9 Å². The number of methoxy groups -OCH3 is 1. The number of para-hydroxylation sites is 1. The van der Waals surface area contributed by atoms with Crippen molar-refractivity contribution in [2.45, 2.75) is 13.0 Å². The summed E-state index contributed by atoms with van der Waals surface area (Å²) in [5.74, 6) is 0.657. The number of rotatable bonds is 6. The Bertz CT molecular complexity index is 586. The fraction of sp³-hybridized carbons (Fsp3) is 0.308. The van der Waals surface area contributed by atoms with Gasteiger partial charge in [-0.2, -0.15) is 0 Å². The van der Waals surface area contributed by atoms with Crippen LogP contribution in [0.1, 0.15) is 5.56 Å². The second-order valence-corrected chi connectivity index (χ2v) is 4.34. The number of nitrogens with one attached hydrogen (secondary N) is 1. The standard InChI is InChI=1S/C13H14ClN3O3/c1-19-11-5-3-2-4-10(11)6-7-17-9-13(20-16-17)15-12(18)8-14/h2-5,9H,6-8H2,1H3/p+1. The van der Waals surface area contributed by atoms with Crippen LogP contribution in [0.25, 0.3) is 0 Å². The number of ether oxygens (including phenoxy) is 1. The molecule has 1 N–H and O–H groups in total. The molecule has 0 spiro atoms. The summed E-state index contributed by atoms with van der Waals surface area (Å²) < 4.78 is 11.9. The van der Waals surface area contributed by atoms with Crippen LogP contribution in [0.15, 0.2) is 35.0 Å². The number of amides is 1. The average Bonchev–Trinajstić information content (AvgIpc) is 2.92. The Balaban J connectivity index is 1.96. The molecule has 20 heavy (non-hydrogen) atoms. The number of alkyl halides is 1. The van der Waals surface area contributed by atoms with Crippen molar-refractivity contribution in [1.29, 1.82) is 0 Å². The van der Waals surface area contributed by atoms with Crippen LogP contribution in [-0.4, -0.2) is 24.2 Å². The van der Waals surface area contributed by atoms with Crippen LogP contribution in [0.5, 0.6) is 5.75 Å². The van der Waals surface area contributed by atoms with Gasteiger partial charge in [-0.05, 0) is 6.07 Å². The SMILES string of the molecule is COc1ccccc1CC[n+]1cc(NC(=O)CCl)on1. The summed E-state index contributed by atoms with van der Waals surface area (Å²) >= 11 is 5.39. The molecular formula is C13H15ClN3O3+. The van der Waals surface area contributed by atoms with Gasteiger partial charge in [-0.3, -0.25) is 14.6 Å². The maximum Gasteiger partial charge on any atom is 0.302 e. The molecule has 0 unspecified atom stereocenters. The minimum Gasteiger partial charge on any atom is -0.496 e. The molecule has 0 aliphatic heterocycles. The van der Waals surface area contributed by atoms with Gasteiger partial charge in [0.2, 0.25) is 11.2 Å². The third-order valence-corrected chi connectivity index (χ3v) is 2.94. The fourth-order valence-electron chi connectivity index (χ4n) is 1.75. The molecule has 1 aromatic carbocycles. The van der Waals surface area contributed by atoms with Gasteiger partial charge in [0.15, 0.2) is 6.54 Å². The van der Waals surface area contributed by atoms with Gasteiger partial charge < -0.3 is 4.74 Å². The van der Waals surface area contributed by atoms with Gasteiger partial charge >= 0.3 is 5.88 Å². The number of halogens is 1. The number of aryl methyl sites for hydroxylation is 2. The lowest BCUT2D eigenvalue weighted by Gasteiger charge is -2.04. The summed E-state index contributed by atoms with van der Waals surface area (Å²) in [6, 6.07) is 7.79. The number of benzene rings is 1. The molecule has 106 valence electrons. The topological polar surface area (TPSA) is 68.2 Å². The maximum atomic E-state index is 11.1. The summed E-state index contributed by atoms with van der Waals surface area (Å²) in [6.45, 7) is 0.612. The number of aromatic nitrogens is 2.